The van der Waals surface area contributed by atoms with Gasteiger partial charge < -0.3 is 0 Å². The lowest BCUT2D eigenvalue weighted by molar-refractivity contribution is 0.243. The minimum atomic E-state index is 0.763. The molecular formula is C18H20N6. The van der Waals surface area contributed by atoms with E-state index in [1.807, 2.05) is 35.4 Å². The summed E-state index contributed by atoms with van der Waals surface area (Å²) in [5.74, 6) is 0.763. The molecule has 0 N–H and O–H groups in total. The smallest absolute Gasteiger partial charge is 0.160 e. The molecule has 122 valence electrons. The predicted molar refractivity (Wildman–Crippen MR) is 91.0 cm³/mol. The first-order chi connectivity index (χ1) is 11.8. The highest BCUT2D eigenvalue weighted by Crippen LogP contribution is 2.21. The van der Waals surface area contributed by atoms with Gasteiger partial charge in [-0.3, -0.25) is 14.6 Å². The Morgan fingerprint density at radius 2 is 2.17 bits per heavy atom. The summed E-state index contributed by atoms with van der Waals surface area (Å²) in [4.78, 5) is 15.8. The molecule has 3 aromatic heterocycles. The van der Waals surface area contributed by atoms with Gasteiger partial charge in [0.25, 0.3) is 0 Å². The van der Waals surface area contributed by atoms with E-state index in [0.717, 1.165) is 49.7 Å². The molecule has 6 heteroatoms. The van der Waals surface area contributed by atoms with Crippen molar-refractivity contribution in [3.63, 3.8) is 0 Å². The van der Waals surface area contributed by atoms with Crippen molar-refractivity contribution in [2.75, 3.05) is 6.54 Å². The molecule has 0 bridgehead atoms. The molecule has 0 amide bonds. The third-order valence-electron chi connectivity index (χ3n) is 4.35. The van der Waals surface area contributed by atoms with E-state index < -0.39 is 0 Å². The van der Waals surface area contributed by atoms with E-state index in [9.17, 15) is 0 Å². The van der Waals surface area contributed by atoms with Crippen LogP contribution < -0.4 is 0 Å². The molecule has 4 rings (SSSR count). The van der Waals surface area contributed by atoms with Crippen LogP contribution in [0.15, 0.2) is 43.1 Å². The number of hydrogen-bond acceptors (Lipinski definition) is 5. The van der Waals surface area contributed by atoms with Crippen LogP contribution >= 0.6 is 0 Å². The van der Waals surface area contributed by atoms with Crippen LogP contribution in [0.3, 0.4) is 0 Å². The molecule has 0 aromatic carbocycles. The van der Waals surface area contributed by atoms with Crippen molar-refractivity contribution < 1.29 is 0 Å². The number of pyridine rings is 1. The quantitative estimate of drug-likeness (QED) is 0.738. The summed E-state index contributed by atoms with van der Waals surface area (Å²) in [6.45, 7) is 5.83. The van der Waals surface area contributed by atoms with Crippen molar-refractivity contribution in [2.24, 2.45) is 0 Å². The summed E-state index contributed by atoms with van der Waals surface area (Å²) in [6.07, 6.45) is 10.6. The molecule has 1 aliphatic heterocycles. The number of aryl methyl sites for hydroxylation is 1. The van der Waals surface area contributed by atoms with Gasteiger partial charge in [0.15, 0.2) is 5.82 Å². The molecule has 0 spiro atoms. The number of fused-ring (bicyclic) bond motifs is 1. The fraction of sp³-hybridized carbons (Fsp3) is 0.333. The van der Waals surface area contributed by atoms with Crippen LogP contribution in [-0.4, -0.2) is 36.2 Å². The van der Waals surface area contributed by atoms with Gasteiger partial charge in [-0.2, -0.15) is 5.10 Å². The molecular weight excluding hydrogens is 300 g/mol. The van der Waals surface area contributed by atoms with Crippen molar-refractivity contribution in [1.29, 1.82) is 0 Å². The Kier molecular flexibility index (Phi) is 4.04. The summed E-state index contributed by atoms with van der Waals surface area (Å²) in [7, 11) is 0. The van der Waals surface area contributed by atoms with Crippen molar-refractivity contribution in [3.8, 4) is 11.4 Å². The van der Waals surface area contributed by atoms with E-state index in [4.69, 9.17) is 4.98 Å². The van der Waals surface area contributed by atoms with Crippen molar-refractivity contribution >= 4 is 0 Å². The van der Waals surface area contributed by atoms with Gasteiger partial charge in [0, 0.05) is 74.1 Å². The monoisotopic (exact) mass is 320 g/mol. The van der Waals surface area contributed by atoms with E-state index in [0.29, 0.717) is 0 Å². The fourth-order valence-electron chi connectivity index (χ4n) is 3.06. The highest BCUT2D eigenvalue weighted by atomic mass is 15.3. The molecule has 0 radical (unpaired) electrons. The van der Waals surface area contributed by atoms with E-state index in [1.54, 1.807) is 6.20 Å². The van der Waals surface area contributed by atoms with Crippen LogP contribution in [0.25, 0.3) is 11.4 Å². The van der Waals surface area contributed by atoms with Crippen LogP contribution in [-0.2, 0) is 26.1 Å². The van der Waals surface area contributed by atoms with Gasteiger partial charge in [0.1, 0.15) is 0 Å². The van der Waals surface area contributed by atoms with Gasteiger partial charge in [0.2, 0.25) is 0 Å². The normalized spacial score (nSPS) is 14.5. The highest BCUT2D eigenvalue weighted by Gasteiger charge is 2.19. The zero-order chi connectivity index (χ0) is 16.4. The summed E-state index contributed by atoms with van der Waals surface area (Å²) in [5, 5.41) is 4.35. The molecule has 0 aliphatic carbocycles. The average Bonchev–Trinajstić information content (AvgIpc) is 3.09. The molecule has 3 aromatic rings. The number of nitrogens with zero attached hydrogens (tertiary/aromatic N) is 6. The van der Waals surface area contributed by atoms with Gasteiger partial charge in [-0.25, -0.2) is 9.97 Å². The summed E-state index contributed by atoms with van der Waals surface area (Å²) in [5.41, 5.74) is 4.60. The maximum atomic E-state index is 4.75. The van der Waals surface area contributed by atoms with E-state index in [-0.39, 0.29) is 0 Å². The molecule has 0 unspecified atom stereocenters. The third-order valence-corrected chi connectivity index (χ3v) is 4.35. The predicted octanol–water partition coefficient (Wildman–Crippen LogP) is 2.31. The first-order valence-electron chi connectivity index (χ1n) is 8.30. The Bertz CT molecular complexity index is 827. The molecule has 24 heavy (non-hydrogen) atoms. The second-order valence-electron chi connectivity index (χ2n) is 6.07. The topological polar surface area (TPSA) is 59.7 Å². The van der Waals surface area contributed by atoms with Crippen molar-refractivity contribution in [1.82, 2.24) is 29.6 Å². The Morgan fingerprint density at radius 3 is 2.96 bits per heavy atom. The van der Waals surface area contributed by atoms with Gasteiger partial charge in [-0.05, 0) is 19.1 Å². The van der Waals surface area contributed by atoms with E-state index in [2.05, 4.69) is 33.1 Å². The van der Waals surface area contributed by atoms with E-state index >= 15 is 0 Å². The summed E-state index contributed by atoms with van der Waals surface area (Å²) >= 11 is 0. The molecule has 0 fully saturated rings. The van der Waals surface area contributed by atoms with Gasteiger partial charge in [-0.15, -0.1) is 0 Å². The van der Waals surface area contributed by atoms with Gasteiger partial charge >= 0.3 is 0 Å². The minimum Gasteiger partial charge on any atom is -0.294 e. The summed E-state index contributed by atoms with van der Waals surface area (Å²) < 4.78 is 1.97. The zero-order valence-electron chi connectivity index (χ0n) is 13.8. The average molecular weight is 320 g/mol. The van der Waals surface area contributed by atoms with E-state index in [1.165, 1.54) is 11.1 Å². The Balaban J connectivity index is 1.49. The minimum absolute atomic E-state index is 0.763. The van der Waals surface area contributed by atoms with Crippen LogP contribution in [0, 0.1) is 0 Å². The molecule has 6 nitrogen and oxygen atoms in total. The number of rotatable bonds is 4. The second kappa shape index (κ2) is 6.49. The molecule has 4 heterocycles. The lowest BCUT2D eigenvalue weighted by Gasteiger charge is -2.27. The molecule has 0 saturated carbocycles. The fourth-order valence-corrected chi connectivity index (χ4v) is 3.06. The Labute approximate surface area is 141 Å². The highest BCUT2D eigenvalue weighted by molar-refractivity contribution is 5.53. The van der Waals surface area contributed by atoms with Crippen molar-refractivity contribution in [3.05, 3.63) is 59.9 Å². The molecule has 1 aliphatic rings. The Morgan fingerprint density at radius 1 is 1.21 bits per heavy atom. The lowest BCUT2D eigenvalue weighted by atomic mass is 10.1. The summed E-state index contributed by atoms with van der Waals surface area (Å²) in [6, 6.07) is 3.91. The van der Waals surface area contributed by atoms with Gasteiger partial charge in [-0.1, -0.05) is 0 Å². The van der Waals surface area contributed by atoms with Crippen LogP contribution in [0.1, 0.15) is 23.7 Å². The van der Waals surface area contributed by atoms with Crippen LogP contribution in [0.5, 0.6) is 0 Å². The SMILES string of the molecule is CCn1cc(CN2CCc3nc(-c4cccnc4)ncc3C2)cn1. The standard InChI is InChI=1S/C18H20N6/c1-2-24-12-14(8-21-24)11-23-7-5-17-16(13-23)10-20-18(22-17)15-4-3-6-19-9-15/h3-4,6,8-10,12H,2,5,7,11,13H2,1H3. The molecule has 0 saturated heterocycles. The maximum absolute atomic E-state index is 4.75. The number of hydrogen-bond donors (Lipinski definition) is 0. The Hall–Kier alpha value is -2.60. The largest absolute Gasteiger partial charge is 0.294 e. The number of aromatic nitrogens is 5. The van der Waals surface area contributed by atoms with Crippen molar-refractivity contribution in [2.45, 2.75) is 33.0 Å². The lowest BCUT2D eigenvalue weighted by Crippen LogP contribution is -2.30. The van der Waals surface area contributed by atoms with Gasteiger partial charge in [0.05, 0.1) is 11.9 Å². The first-order valence-corrected chi connectivity index (χ1v) is 8.30. The maximum Gasteiger partial charge on any atom is 0.160 e. The second-order valence-corrected chi connectivity index (χ2v) is 6.07. The van der Waals surface area contributed by atoms with Crippen LogP contribution in [0.2, 0.25) is 0 Å². The first kappa shape index (κ1) is 15.0. The third kappa shape index (κ3) is 3.05. The zero-order valence-corrected chi connectivity index (χ0v) is 13.8. The molecule has 0 atom stereocenters. The van der Waals surface area contributed by atoms with Crippen LogP contribution in [0.4, 0.5) is 0 Å².